The van der Waals surface area contributed by atoms with E-state index >= 15 is 0 Å². The van der Waals surface area contributed by atoms with Crippen LogP contribution in [0.25, 0.3) is 5.69 Å². The van der Waals surface area contributed by atoms with Gasteiger partial charge in [0.25, 0.3) is 0 Å². The Morgan fingerprint density at radius 3 is 2.41 bits per heavy atom. The van der Waals surface area contributed by atoms with E-state index < -0.39 is 11.9 Å². The molecule has 0 saturated carbocycles. The average Bonchev–Trinajstić information content (AvgIpc) is 3.33. The first-order valence-electron chi connectivity index (χ1n) is 8.98. The summed E-state index contributed by atoms with van der Waals surface area (Å²) < 4.78 is 11.8. The quantitative estimate of drug-likeness (QED) is 0.435. The summed E-state index contributed by atoms with van der Waals surface area (Å²) in [4.78, 5) is 36.1. The monoisotopic (exact) mass is 411 g/mol. The Balaban J connectivity index is 1.72. The summed E-state index contributed by atoms with van der Waals surface area (Å²) in [5.41, 5.74) is 4.26. The van der Waals surface area contributed by atoms with Gasteiger partial charge in [-0.1, -0.05) is 0 Å². The number of ether oxygens (including phenoxy) is 2. The Bertz CT molecular complexity index is 1030. The number of rotatable bonds is 7. The molecule has 1 aromatic carbocycles. The minimum Gasteiger partial charge on any atom is -0.465 e. The zero-order valence-electron chi connectivity index (χ0n) is 16.4. The average molecular weight is 411 g/mol. The Morgan fingerprint density at radius 1 is 1.07 bits per heavy atom. The van der Waals surface area contributed by atoms with Gasteiger partial charge in [0.15, 0.2) is 6.61 Å². The highest BCUT2D eigenvalue weighted by Gasteiger charge is 2.18. The van der Waals surface area contributed by atoms with Crippen molar-refractivity contribution in [3.8, 4) is 5.69 Å². The van der Waals surface area contributed by atoms with E-state index in [2.05, 4.69) is 0 Å². The van der Waals surface area contributed by atoms with Gasteiger partial charge in [0.05, 0.1) is 19.1 Å². The van der Waals surface area contributed by atoms with Crippen LogP contribution in [0.2, 0.25) is 0 Å². The summed E-state index contributed by atoms with van der Waals surface area (Å²) >= 11 is 1.51. The van der Waals surface area contributed by atoms with Crippen LogP contribution in [0.5, 0.6) is 0 Å². The van der Waals surface area contributed by atoms with Crippen LogP contribution in [0.3, 0.4) is 0 Å². The normalized spacial score (nSPS) is 10.6. The number of benzene rings is 1. The summed E-state index contributed by atoms with van der Waals surface area (Å²) in [6.45, 7) is 3.43. The highest BCUT2D eigenvalue weighted by molar-refractivity contribution is 7.08. The number of carbonyl (C=O) groups excluding carboxylic acids is 3. The molecule has 0 spiro atoms. The van der Waals surface area contributed by atoms with Crippen molar-refractivity contribution in [3.63, 3.8) is 0 Å². The van der Waals surface area contributed by atoms with Crippen molar-refractivity contribution < 1.29 is 23.9 Å². The molecule has 0 saturated heterocycles. The first-order valence-corrected chi connectivity index (χ1v) is 9.92. The van der Waals surface area contributed by atoms with Crippen LogP contribution < -0.4 is 0 Å². The van der Waals surface area contributed by atoms with Gasteiger partial charge in [-0.25, -0.2) is 4.79 Å². The standard InChI is InChI=1S/C22H21NO5S/c1-14-10-19(20(24)12-28-21(25)11-16-8-9-29-13-16)15(2)23(14)18-6-4-17(5-7-18)22(26)27-3/h4-10,13H,11-12H2,1-3H3. The summed E-state index contributed by atoms with van der Waals surface area (Å²) in [6, 6.07) is 10.6. The number of hydrogen-bond acceptors (Lipinski definition) is 6. The second kappa shape index (κ2) is 8.87. The molecule has 0 radical (unpaired) electrons. The SMILES string of the molecule is COC(=O)c1ccc(-n2c(C)cc(C(=O)COC(=O)Cc3ccsc3)c2C)cc1. The summed E-state index contributed by atoms with van der Waals surface area (Å²) in [7, 11) is 1.33. The van der Waals surface area contributed by atoms with Crippen LogP contribution in [0.1, 0.15) is 37.7 Å². The van der Waals surface area contributed by atoms with Crippen molar-refractivity contribution in [3.05, 3.63) is 75.2 Å². The number of methoxy groups -OCH3 is 1. The summed E-state index contributed by atoms with van der Waals surface area (Å²) in [5.74, 6) is -1.09. The molecule has 150 valence electrons. The molecule has 6 nitrogen and oxygen atoms in total. The van der Waals surface area contributed by atoms with E-state index in [1.165, 1.54) is 18.4 Å². The number of ketones is 1. The molecule has 2 aromatic heterocycles. The molecule has 0 fully saturated rings. The number of Topliss-reactive ketones (excluding diaryl/α,β-unsaturated/α-hetero) is 1. The van der Waals surface area contributed by atoms with Crippen LogP contribution in [-0.4, -0.2) is 36.0 Å². The second-order valence-electron chi connectivity index (χ2n) is 6.55. The highest BCUT2D eigenvalue weighted by atomic mass is 32.1. The molecule has 0 bridgehead atoms. The van der Waals surface area contributed by atoms with E-state index in [0.29, 0.717) is 11.1 Å². The van der Waals surface area contributed by atoms with E-state index in [-0.39, 0.29) is 18.8 Å². The Kier molecular flexibility index (Phi) is 6.29. The van der Waals surface area contributed by atoms with Crippen LogP contribution in [0.4, 0.5) is 0 Å². The maximum Gasteiger partial charge on any atom is 0.337 e. The molecule has 0 aliphatic rings. The highest BCUT2D eigenvalue weighted by Crippen LogP contribution is 2.22. The largest absolute Gasteiger partial charge is 0.465 e. The van der Waals surface area contributed by atoms with Crippen molar-refractivity contribution in [2.45, 2.75) is 20.3 Å². The topological polar surface area (TPSA) is 74.6 Å². The molecule has 3 rings (SSSR count). The molecular weight excluding hydrogens is 390 g/mol. The third-order valence-electron chi connectivity index (χ3n) is 4.57. The van der Waals surface area contributed by atoms with Crippen molar-refractivity contribution in [1.82, 2.24) is 4.57 Å². The van der Waals surface area contributed by atoms with E-state index in [4.69, 9.17) is 9.47 Å². The Morgan fingerprint density at radius 2 is 1.79 bits per heavy atom. The fraction of sp³-hybridized carbons (Fsp3) is 0.227. The van der Waals surface area contributed by atoms with E-state index in [1.54, 1.807) is 30.3 Å². The van der Waals surface area contributed by atoms with Crippen LogP contribution in [-0.2, 0) is 20.7 Å². The number of esters is 2. The number of aryl methyl sites for hydroxylation is 1. The van der Waals surface area contributed by atoms with E-state index in [0.717, 1.165) is 22.6 Å². The lowest BCUT2D eigenvalue weighted by Crippen LogP contribution is -2.16. The van der Waals surface area contributed by atoms with Crippen molar-refractivity contribution in [2.75, 3.05) is 13.7 Å². The number of hydrogen-bond donors (Lipinski definition) is 0. The van der Waals surface area contributed by atoms with Gasteiger partial charge >= 0.3 is 11.9 Å². The minimum atomic E-state index is -0.427. The van der Waals surface area contributed by atoms with Gasteiger partial charge < -0.3 is 14.0 Å². The van der Waals surface area contributed by atoms with Crippen molar-refractivity contribution in [1.29, 1.82) is 0 Å². The third kappa shape index (κ3) is 4.63. The van der Waals surface area contributed by atoms with E-state index in [1.807, 2.05) is 35.2 Å². The maximum absolute atomic E-state index is 12.6. The summed E-state index contributed by atoms with van der Waals surface area (Å²) in [6.07, 6.45) is 0.155. The van der Waals surface area contributed by atoms with Gasteiger partial charge in [0.1, 0.15) is 0 Å². The molecule has 0 atom stereocenters. The molecule has 29 heavy (non-hydrogen) atoms. The molecule has 7 heteroatoms. The number of thiophene rings is 1. The lowest BCUT2D eigenvalue weighted by atomic mass is 10.1. The van der Waals surface area contributed by atoms with Crippen molar-refractivity contribution in [2.24, 2.45) is 0 Å². The molecule has 0 amide bonds. The predicted octanol–water partition coefficient (Wildman–Crippen LogP) is 3.91. The van der Waals surface area contributed by atoms with Gasteiger partial charge in [-0.15, -0.1) is 0 Å². The minimum absolute atomic E-state index is 0.155. The molecule has 3 aromatic rings. The summed E-state index contributed by atoms with van der Waals surface area (Å²) in [5, 5.41) is 3.77. The van der Waals surface area contributed by atoms with Gasteiger partial charge in [0.2, 0.25) is 5.78 Å². The maximum atomic E-state index is 12.6. The molecule has 2 heterocycles. The van der Waals surface area contributed by atoms with Gasteiger partial charge in [0, 0.05) is 22.6 Å². The number of carbonyl (C=O) groups is 3. The van der Waals surface area contributed by atoms with Crippen LogP contribution in [0.15, 0.2) is 47.2 Å². The second-order valence-corrected chi connectivity index (χ2v) is 7.33. The Labute approximate surface area is 172 Å². The molecule has 0 aliphatic heterocycles. The first-order chi connectivity index (χ1) is 13.9. The van der Waals surface area contributed by atoms with Gasteiger partial charge in [-0.3, -0.25) is 9.59 Å². The fourth-order valence-electron chi connectivity index (χ4n) is 3.14. The van der Waals surface area contributed by atoms with Crippen LogP contribution >= 0.6 is 11.3 Å². The first kappa shape index (κ1) is 20.5. The van der Waals surface area contributed by atoms with E-state index in [9.17, 15) is 14.4 Å². The number of nitrogens with zero attached hydrogens (tertiary/aromatic N) is 1. The Hall–Kier alpha value is -3.19. The molecular formula is C22H21NO5S. The third-order valence-corrected chi connectivity index (χ3v) is 5.30. The van der Waals surface area contributed by atoms with Crippen LogP contribution in [0, 0.1) is 13.8 Å². The number of aromatic nitrogens is 1. The molecule has 0 aliphatic carbocycles. The lowest BCUT2D eigenvalue weighted by Gasteiger charge is -2.10. The molecule has 0 unspecified atom stereocenters. The predicted molar refractivity (Wildman–Crippen MR) is 110 cm³/mol. The zero-order valence-corrected chi connectivity index (χ0v) is 17.2. The smallest absolute Gasteiger partial charge is 0.337 e. The van der Waals surface area contributed by atoms with Crippen molar-refractivity contribution >= 4 is 29.1 Å². The fourth-order valence-corrected chi connectivity index (χ4v) is 3.81. The van der Waals surface area contributed by atoms with Gasteiger partial charge in [-0.2, -0.15) is 11.3 Å². The van der Waals surface area contributed by atoms with Gasteiger partial charge in [-0.05, 0) is 66.6 Å². The lowest BCUT2D eigenvalue weighted by molar-refractivity contribution is -0.141. The molecule has 0 N–H and O–H groups in total. The zero-order chi connectivity index (χ0) is 21.0.